The van der Waals surface area contributed by atoms with Gasteiger partial charge in [0.2, 0.25) is 9.84 Å². The molecule has 0 aliphatic carbocycles. The van der Waals surface area contributed by atoms with Crippen molar-refractivity contribution in [3.8, 4) is 0 Å². The molecule has 4 rings (SSSR count). The van der Waals surface area contributed by atoms with Crippen LogP contribution in [0, 0.1) is 0 Å². The van der Waals surface area contributed by atoms with Gasteiger partial charge >= 0.3 is 0 Å². The van der Waals surface area contributed by atoms with Crippen LogP contribution in [0.2, 0.25) is 5.02 Å². The van der Waals surface area contributed by atoms with Gasteiger partial charge in [0.1, 0.15) is 0 Å². The van der Waals surface area contributed by atoms with Crippen LogP contribution in [-0.4, -0.2) is 55.9 Å². The lowest BCUT2D eigenvalue weighted by Crippen LogP contribution is -2.38. The topological polar surface area (TPSA) is 64.4 Å². The number of hydrogen-bond donors (Lipinski definition) is 0. The number of hydrogen-bond acceptors (Lipinski definition) is 5. The molecule has 6 nitrogen and oxygen atoms in total. The Morgan fingerprint density at radius 2 is 1.78 bits per heavy atom. The SMILES string of the molecule is O=S(=O)(c1ccccc1)c1nn(CCN2CCOCC2)c2cc(Cl)ccc12. The van der Waals surface area contributed by atoms with Gasteiger partial charge in [0.25, 0.3) is 0 Å². The highest BCUT2D eigenvalue weighted by Crippen LogP contribution is 2.29. The summed E-state index contributed by atoms with van der Waals surface area (Å²) in [6, 6.07) is 13.6. The smallest absolute Gasteiger partial charge is 0.226 e. The van der Waals surface area contributed by atoms with Crippen molar-refractivity contribution in [3.63, 3.8) is 0 Å². The minimum atomic E-state index is -3.71. The first kappa shape index (κ1) is 18.4. The molecule has 0 atom stereocenters. The molecule has 3 aromatic rings. The van der Waals surface area contributed by atoms with Gasteiger partial charge in [0, 0.05) is 30.0 Å². The standard InChI is InChI=1S/C19H20ClN3O3S/c20-15-6-7-17-18(14-15)23(9-8-22-10-12-26-13-11-22)21-19(17)27(24,25)16-4-2-1-3-5-16/h1-7,14H,8-13H2. The molecule has 2 heterocycles. The summed E-state index contributed by atoms with van der Waals surface area (Å²) < 4.78 is 33.3. The Morgan fingerprint density at radius 3 is 2.52 bits per heavy atom. The number of benzene rings is 2. The molecular weight excluding hydrogens is 386 g/mol. The number of nitrogens with zero attached hydrogens (tertiary/aromatic N) is 3. The van der Waals surface area contributed by atoms with E-state index in [0.717, 1.165) is 38.4 Å². The van der Waals surface area contributed by atoms with Crippen molar-refractivity contribution >= 4 is 32.3 Å². The normalized spacial score (nSPS) is 16.0. The molecule has 27 heavy (non-hydrogen) atoms. The van der Waals surface area contributed by atoms with Crippen molar-refractivity contribution in [1.29, 1.82) is 0 Å². The molecule has 0 saturated carbocycles. The fourth-order valence-corrected chi connectivity index (χ4v) is 4.83. The van der Waals surface area contributed by atoms with E-state index in [4.69, 9.17) is 16.3 Å². The molecule has 1 aliphatic heterocycles. The van der Waals surface area contributed by atoms with E-state index in [1.54, 1.807) is 53.2 Å². The van der Waals surface area contributed by atoms with Crippen LogP contribution in [0.3, 0.4) is 0 Å². The highest BCUT2D eigenvalue weighted by atomic mass is 35.5. The van der Waals surface area contributed by atoms with Gasteiger partial charge in [0.05, 0.1) is 30.2 Å². The van der Waals surface area contributed by atoms with Gasteiger partial charge in [-0.15, -0.1) is 0 Å². The van der Waals surface area contributed by atoms with Crippen LogP contribution in [-0.2, 0) is 21.1 Å². The number of morpholine rings is 1. The minimum absolute atomic E-state index is 0.0716. The molecule has 8 heteroatoms. The highest BCUT2D eigenvalue weighted by molar-refractivity contribution is 7.91. The van der Waals surface area contributed by atoms with Crippen LogP contribution in [0.15, 0.2) is 58.5 Å². The molecule has 0 N–H and O–H groups in total. The van der Waals surface area contributed by atoms with Crippen molar-refractivity contribution in [2.45, 2.75) is 16.5 Å². The van der Waals surface area contributed by atoms with Crippen molar-refractivity contribution < 1.29 is 13.2 Å². The van der Waals surface area contributed by atoms with Gasteiger partial charge in [-0.05, 0) is 30.3 Å². The first-order chi connectivity index (χ1) is 13.1. The largest absolute Gasteiger partial charge is 0.379 e. The van der Waals surface area contributed by atoms with Gasteiger partial charge in [-0.2, -0.15) is 5.10 Å². The molecular formula is C19H20ClN3O3S. The Hall–Kier alpha value is -1.93. The van der Waals surface area contributed by atoms with E-state index in [1.165, 1.54) is 0 Å². The zero-order valence-electron chi connectivity index (χ0n) is 14.7. The third kappa shape index (κ3) is 3.73. The first-order valence-corrected chi connectivity index (χ1v) is 10.7. The van der Waals surface area contributed by atoms with E-state index in [9.17, 15) is 8.42 Å². The lowest BCUT2D eigenvalue weighted by atomic mass is 10.2. The van der Waals surface area contributed by atoms with E-state index >= 15 is 0 Å². The second-order valence-corrected chi connectivity index (χ2v) is 8.76. The molecule has 0 spiro atoms. The maximum Gasteiger partial charge on any atom is 0.226 e. The summed E-state index contributed by atoms with van der Waals surface area (Å²) in [6.07, 6.45) is 0. The molecule has 1 fully saturated rings. The van der Waals surface area contributed by atoms with Gasteiger partial charge in [-0.3, -0.25) is 9.58 Å². The van der Waals surface area contributed by atoms with E-state index in [0.29, 0.717) is 17.0 Å². The third-order valence-corrected chi connectivity index (χ3v) is 6.66. The van der Waals surface area contributed by atoms with Crippen LogP contribution >= 0.6 is 11.6 Å². The van der Waals surface area contributed by atoms with Gasteiger partial charge < -0.3 is 4.74 Å². The Kier molecular flexibility index (Phi) is 5.19. The van der Waals surface area contributed by atoms with Crippen LogP contribution < -0.4 is 0 Å². The Balaban J connectivity index is 1.73. The Bertz CT molecular complexity index is 1040. The summed E-state index contributed by atoms with van der Waals surface area (Å²) >= 11 is 6.16. The predicted molar refractivity (Wildman–Crippen MR) is 104 cm³/mol. The summed E-state index contributed by atoms with van der Waals surface area (Å²) in [5.41, 5.74) is 0.727. The van der Waals surface area contributed by atoms with Crippen molar-refractivity contribution in [2.75, 3.05) is 32.8 Å². The van der Waals surface area contributed by atoms with Crippen molar-refractivity contribution in [1.82, 2.24) is 14.7 Å². The maximum absolute atomic E-state index is 13.1. The van der Waals surface area contributed by atoms with Crippen LogP contribution in [0.25, 0.3) is 10.9 Å². The van der Waals surface area contributed by atoms with Gasteiger partial charge in [0.15, 0.2) is 5.03 Å². The number of halogens is 1. The molecule has 1 aromatic heterocycles. The average molecular weight is 406 g/mol. The lowest BCUT2D eigenvalue weighted by molar-refractivity contribution is 0.0361. The maximum atomic E-state index is 13.1. The fraction of sp³-hybridized carbons (Fsp3) is 0.316. The second kappa shape index (κ2) is 7.59. The molecule has 0 unspecified atom stereocenters. The first-order valence-electron chi connectivity index (χ1n) is 8.82. The highest BCUT2D eigenvalue weighted by Gasteiger charge is 2.25. The Labute approximate surface area is 163 Å². The molecule has 1 saturated heterocycles. The third-order valence-electron chi connectivity index (χ3n) is 4.72. The summed E-state index contributed by atoms with van der Waals surface area (Å²) in [5.74, 6) is 0. The van der Waals surface area contributed by atoms with Crippen molar-refractivity contribution in [3.05, 3.63) is 53.6 Å². The second-order valence-electron chi connectivity index (χ2n) is 6.46. The summed E-state index contributed by atoms with van der Waals surface area (Å²) in [4.78, 5) is 2.52. The molecule has 2 aromatic carbocycles. The van der Waals surface area contributed by atoms with Crippen LogP contribution in [0.1, 0.15) is 0 Å². The minimum Gasteiger partial charge on any atom is -0.379 e. The number of fused-ring (bicyclic) bond motifs is 1. The zero-order chi connectivity index (χ0) is 18.9. The number of sulfone groups is 1. The molecule has 0 radical (unpaired) electrons. The van der Waals surface area contributed by atoms with Gasteiger partial charge in [-0.1, -0.05) is 29.8 Å². The quantitative estimate of drug-likeness (QED) is 0.653. The molecule has 0 bridgehead atoms. The number of rotatable bonds is 5. The fourth-order valence-electron chi connectivity index (χ4n) is 3.26. The molecule has 0 amide bonds. The number of ether oxygens (including phenoxy) is 1. The van der Waals surface area contributed by atoms with E-state index in [1.807, 2.05) is 0 Å². The molecule has 142 valence electrons. The summed E-state index contributed by atoms with van der Waals surface area (Å²) in [7, 11) is -3.71. The van der Waals surface area contributed by atoms with Crippen LogP contribution in [0.5, 0.6) is 0 Å². The van der Waals surface area contributed by atoms with E-state index in [2.05, 4.69) is 10.00 Å². The average Bonchev–Trinajstić information content (AvgIpc) is 3.06. The number of aromatic nitrogens is 2. The monoisotopic (exact) mass is 405 g/mol. The Morgan fingerprint density at radius 1 is 1.04 bits per heavy atom. The van der Waals surface area contributed by atoms with Crippen LogP contribution in [0.4, 0.5) is 0 Å². The summed E-state index contributed by atoms with van der Waals surface area (Å²) in [6.45, 7) is 4.54. The predicted octanol–water partition coefficient (Wildman–Crippen LogP) is 2.85. The molecule has 1 aliphatic rings. The van der Waals surface area contributed by atoms with Gasteiger partial charge in [-0.25, -0.2) is 8.42 Å². The zero-order valence-corrected chi connectivity index (χ0v) is 16.3. The van der Waals surface area contributed by atoms with E-state index in [-0.39, 0.29) is 9.92 Å². The van der Waals surface area contributed by atoms with E-state index < -0.39 is 9.84 Å². The summed E-state index contributed by atoms with van der Waals surface area (Å²) in [5, 5.41) is 5.69. The lowest BCUT2D eigenvalue weighted by Gasteiger charge is -2.26. The van der Waals surface area contributed by atoms with Crippen molar-refractivity contribution in [2.24, 2.45) is 0 Å².